The highest BCUT2D eigenvalue weighted by Crippen LogP contribution is 2.33. The summed E-state index contributed by atoms with van der Waals surface area (Å²) >= 11 is 0. The van der Waals surface area contributed by atoms with E-state index in [0.29, 0.717) is 11.1 Å². The molecule has 2 atom stereocenters. The Hall–Kier alpha value is -0.850. The van der Waals surface area contributed by atoms with Gasteiger partial charge in [-0.1, -0.05) is 18.2 Å². The fourth-order valence-electron chi connectivity index (χ4n) is 2.00. The molecule has 120 valence electrons. The maximum absolute atomic E-state index is 13.7. The Morgan fingerprint density at radius 3 is 2.38 bits per heavy atom. The highest BCUT2D eigenvalue weighted by molar-refractivity contribution is 7.84. The normalized spacial score (nSPS) is 15.8. The van der Waals surface area contributed by atoms with E-state index >= 15 is 0 Å². The van der Waals surface area contributed by atoms with Crippen LogP contribution in [0.15, 0.2) is 18.2 Å². The van der Waals surface area contributed by atoms with Crippen molar-refractivity contribution in [3.63, 3.8) is 0 Å². The summed E-state index contributed by atoms with van der Waals surface area (Å²) in [6, 6.07) is 4.23. The van der Waals surface area contributed by atoms with Crippen LogP contribution >= 0.6 is 0 Å². The minimum Gasteiger partial charge on any atom is -0.390 e. The number of nitrogens with one attached hydrogen (secondary N) is 1. The maximum Gasteiger partial charge on any atom is 0.296 e. The van der Waals surface area contributed by atoms with E-state index in [0.717, 1.165) is 0 Å². The molecule has 0 aromatic heterocycles. The predicted molar refractivity (Wildman–Crippen MR) is 81.6 cm³/mol. The minimum absolute atomic E-state index is 0.197. The first-order chi connectivity index (χ1) is 9.50. The summed E-state index contributed by atoms with van der Waals surface area (Å²) in [4.78, 5) is 0. The molecule has 1 rings (SSSR count). The first kappa shape index (κ1) is 18.2. The lowest BCUT2D eigenvalue weighted by Gasteiger charge is -2.25. The molecule has 0 bridgehead atoms. The molecular weight excluding hydrogens is 296 g/mol. The molecule has 1 aromatic carbocycles. The number of benzene rings is 1. The zero-order chi connectivity index (χ0) is 16.4. The van der Waals surface area contributed by atoms with Crippen LogP contribution in [0, 0.1) is 6.92 Å². The van der Waals surface area contributed by atoms with Crippen LogP contribution in [0.5, 0.6) is 0 Å². The highest BCUT2D eigenvalue weighted by atomic mass is 32.2. The molecule has 0 aliphatic rings. The van der Waals surface area contributed by atoms with E-state index in [1.165, 1.54) is 12.1 Å². The maximum atomic E-state index is 13.7. The molecule has 2 N–H and O–H groups in total. The molecule has 0 saturated heterocycles. The molecule has 0 amide bonds. The molecule has 0 aliphatic heterocycles. The van der Waals surface area contributed by atoms with Crippen LogP contribution in [0.25, 0.3) is 0 Å². The second-order valence-electron chi connectivity index (χ2n) is 6.10. The molecule has 0 radical (unpaired) electrons. The lowest BCUT2D eigenvalue weighted by Crippen LogP contribution is -2.35. The molecular formula is C15H23F2NO2S. The van der Waals surface area contributed by atoms with Crippen molar-refractivity contribution in [1.29, 1.82) is 0 Å². The van der Waals surface area contributed by atoms with Gasteiger partial charge in [0.1, 0.15) is 6.61 Å². The lowest BCUT2D eigenvalue weighted by atomic mass is 9.95. The molecule has 6 heteroatoms. The molecule has 0 aliphatic carbocycles. The second-order valence-corrected chi connectivity index (χ2v) is 8.10. The molecule has 0 spiro atoms. The van der Waals surface area contributed by atoms with Gasteiger partial charge in [-0.3, -0.25) is 0 Å². The lowest BCUT2D eigenvalue weighted by molar-refractivity contribution is -0.0561. The van der Waals surface area contributed by atoms with Gasteiger partial charge in [-0.15, -0.1) is 0 Å². The van der Waals surface area contributed by atoms with Crippen molar-refractivity contribution in [2.45, 2.75) is 51.3 Å². The third kappa shape index (κ3) is 4.31. The first-order valence-corrected chi connectivity index (χ1v) is 7.92. The van der Waals surface area contributed by atoms with Crippen LogP contribution in [-0.2, 0) is 16.9 Å². The van der Waals surface area contributed by atoms with Gasteiger partial charge >= 0.3 is 0 Å². The number of aliphatic hydroxyl groups excluding tert-OH is 1. The van der Waals surface area contributed by atoms with Crippen molar-refractivity contribution in [3.05, 3.63) is 34.9 Å². The van der Waals surface area contributed by atoms with Gasteiger partial charge < -0.3 is 5.11 Å². The number of aliphatic hydroxyl groups is 1. The predicted octanol–water partition coefficient (Wildman–Crippen LogP) is 3.19. The van der Waals surface area contributed by atoms with E-state index < -0.39 is 28.3 Å². The highest BCUT2D eigenvalue weighted by Gasteiger charge is 2.33. The second kappa shape index (κ2) is 6.50. The zero-order valence-electron chi connectivity index (χ0n) is 13.0. The van der Waals surface area contributed by atoms with Crippen molar-refractivity contribution >= 4 is 11.0 Å². The van der Waals surface area contributed by atoms with Crippen molar-refractivity contribution in [2.75, 3.05) is 6.61 Å². The van der Waals surface area contributed by atoms with Gasteiger partial charge in [0.25, 0.3) is 5.92 Å². The fraction of sp³-hybridized carbons (Fsp3) is 0.600. The van der Waals surface area contributed by atoms with Crippen molar-refractivity contribution in [3.8, 4) is 0 Å². The quantitative estimate of drug-likeness (QED) is 0.875. The summed E-state index contributed by atoms with van der Waals surface area (Å²) in [5.74, 6) is -3.27. The summed E-state index contributed by atoms with van der Waals surface area (Å²) in [6.45, 7) is 7.66. The summed E-state index contributed by atoms with van der Waals surface area (Å²) in [6.07, 6.45) is 0. The van der Waals surface area contributed by atoms with Crippen LogP contribution in [-0.4, -0.2) is 20.7 Å². The molecule has 3 nitrogen and oxygen atoms in total. The van der Waals surface area contributed by atoms with Crippen LogP contribution in [0.4, 0.5) is 8.78 Å². The standard InChI is InChI=1S/C15H23F2NO2S/c1-10-12(11(2)18-21(20)14(3,4)5)7-6-8-13(10)15(16,17)9-19/h6-8,11,18-19H,9H2,1-5H3/t11-,21-/m1/s1. The summed E-state index contributed by atoms with van der Waals surface area (Å²) in [5, 5.41) is 8.84. The van der Waals surface area contributed by atoms with Crippen molar-refractivity contribution in [2.24, 2.45) is 0 Å². The molecule has 21 heavy (non-hydrogen) atoms. The Balaban J connectivity index is 3.10. The van der Waals surface area contributed by atoms with Crippen LogP contribution < -0.4 is 4.72 Å². The van der Waals surface area contributed by atoms with E-state index in [1.807, 2.05) is 20.8 Å². The molecule has 1 aromatic rings. The summed E-state index contributed by atoms with van der Waals surface area (Å²) in [5.41, 5.74) is 0.860. The number of halogens is 2. The number of hydrogen-bond acceptors (Lipinski definition) is 2. The summed E-state index contributed by atoms with van der Waals surface area (Å²) < 4.78 is 42.0. The van der Waals surface area contributed by atoms with E-state index in [9.17, 15) is 13.0 Å². The minimum atomic E-state index is -3.27. The third-order valence-electron chi connectivity index (χ3n) is 3.27. The molecule has 0 fully saturated rings. The smallest absolute Gasteiger partial charge is 0.296 e. The van der Waals surface area contributed by atoms with Gasteiger partial charge in [0, 0.05) is 11.6 Å². The van der Waals surface area contributed by atoms with E-state index in [1.54, 1.807) is 19.9 Å². The largest absolute Gasteiger partial charge is 0.390 e. The van der Waals surface area contributed by atoms with E-state index in [4.69, 9.17) is 5.11 Å². The number of rotatable bonds is 5. The zero-order valence-corrected chi connectivity index (χ0v) is 13.9. The fourth-order valence-corrected chi connectivity index (χ4v) is 2.81. The SMILES string of the molecule is Cc1c([C@@H](C)N[S@](=O)C(C)(C)C)cccc1C(F)(F)CO. The number of hydrogen-bond donors (Lipinski definition) is 2. The van der Waals surface area contributed by atoms with Crippen LogP contribution in [0.3, 0.4) is 0 Å². The third-order valence-corrected chi connectivity index (χ3v) is 4.95. The van der Waals surface area contributed by atoms with Gasteiger partial charge in [0.2, 0.25) is 0 Å². The average molecular weight is 319 g/mol. The van der Waals surface area contributed by atoms with Gasteiger partial charge in [-0.2, -0.15) is 8.78 Å². The van der Waals surface area contributed by atoms with Crippen LogP contribution in [0.1, 0.15) is 50.4 Å². The Labute approximate surface area is 127 Å². The van der Waals surface area contributed by atoms with Gasteiger partial charge in [0.15, 0.2) is 0 Å². The van der Waals surface area contributed by atoms with E-state index in [-0.39, 0.29) is 11.6 Å². The molecule has 0 unspecified atom stereocenters. The Morgan fingerprint density at radius 2 is 1.90 bits per heavy atom. The van der Waals surface area contributed by atoms with Gasteiger partial charge in [-0.25, -0.2) is 8.93 Å². The monoisotopic (exact) mass is 319 g/mol. The first-order valence-electron chi connectivity index (χ1n) is 6.77. The number of alkyl halides is 2. The van der Waals surface area contributed by atoms with E-state index in [2.05, 4.69) is 4.72 Å². The average Bonchev–Trinajstić information content (AvgIpc) is 2.37. The summed E-state index contributed by atoms with van der Waals surface area (Å²) in [7, 11) is -1.29. The van der Waals surface area contributed by atoms with Gasteiger partial charge in [0.05, 0.1) is 15.7 Å². The Bertz CT molecular complexity index is 527. The van der Waals surface area contributed by atoms with Crippen molar-refractivity contribution in [1.82, 2.24) is 4.72 Å². The van der Waals surface area contributed by atoms with Crippen molar-refractivity contribution < 1.29 is 18.1 Å². The van der Waals surface area contributed by atoms with Gasteiger partial charge in [-0.05, 0) is 45.7 Å². The Kier molecular flexibility index (Phi) is 5.63. The molecule has 0 saturated carbocycles. The Morgan fingerprint density at radius 1 is 1.33 bits per heavy atom. The topological polar surface area (TPSA) is 49.3 Å². The van der Waals surface area contributed by atoms with Crippen LogP contribution in [0.2, 0.25) is 0 Å². The molecule has 0 heterocycles.